The summed E-state index contributed by atoms with van der Waals surface area (Å²) >= 11 is 5.83. The minimum atomic E-state index is -0.378. The molecule has 0 saturated carbocycles. The lowest BCUT2D eigenvalue weighted by atomic mass is 10.1. The number of nitro groups is 1. The van der Waals surface area contributed by atoms with E-state index < -0.39 is 0 Å². The van der Waals surface area contributed by atoms with Gasteiger partial charge in [0.15, 0.2) is 0 Å². The molecule has 0 spiro atoms. The maximum Gasteiger partial charge on any atom is 0.273 e. The van der Waals surface area contributed by atoms with Crippen LogP contribution < -0.4 is 4.90 Å². The van der Waals surface area contributed by atoms with E-state index in [0.29, 0.717) is 17.5 Å². The van der Waals surface area contributed by atoms with Gasteiger partial charge in [0, 0.05) is 36.4 Å². The van der Waals surface area contributed by atoms with Crippen molar-refractivity contribution in [2.24, 2.45) is 5.92 Å². The first kappa shape index (κ1) is 15.1. The number of nitrogens with zero attached hydrogens (tertiary/aromatic N) is 3. The summed E-state index contributed by atoms with van der Waals surface area (Å²) in [6.45, 7) is 4.13. The predicted molar refractivity (Wildman–Crippen MR) is 81.5 cm³/mol. The fraction of sp³-hybridized carbons (Fsp3) is 0.571. The molecule has 6 heteroatoms. The average molecular weight is 298 g/mol. The van der Waals surface area contributed by atoms with Crippen molar-refractivity contribution >= 4 is 23.0 Å². The third-order valence-corrected chi connectivity index (χ3v) is 4.29. The van der Waals surface area contributed by atoms with Gasteiger partial charge in [-0.2, -0.15) is 0 Å². The Balaban J connectivity index is 2.24. The summed E-state index contributed by atoms with van der Waals surface area (Å²) in [7, 11) is 4.18. The summed E-state index contributed by atoms with van der Waals surface area (Å²) in [5.41, 5.74) is 1.69. The largest absolute Gasteiger partial charge is 0.370 e. The Morgan fingerprint density at radius 3 is 2.65 bits per heavy atom. The molecule has 110 valence electrons. The number of alkyl halides is 1. The van der Waals surface area contributed by atoms with E-state index in [4.69, 9.17) is 11.6 Å². The molecule has 1 saturated heterocycles. The van der Waals surface area contributed by atoms with Gasteiger partial charge >= 0.3 is 0 Å². The first-order chi connectivity index (χ1) is 9.43. The first-order valence-electron chi connectivity index (χ1n) is 6.68. The third kappa shape index (κ3) is 2.88. The summed E-state index contributed by atoms with van der Waals surface area (Å²) in [6.07, 6.45) is 0. The number of likely N-dealkylation sites (N-methyl/N-ethyl adjacent to an activating group) is 1. The van der Waals surface area contributed by atoms with E-state index >= 15 is 0 Å². The highest BCUT2D eigenvalue weighted by Crippen LogP contribution is 2.30. The van der Waals surface area contributed by atoms with Crippen LogP contribution >= 0.6 is 11.6 Å². The second kappa shape index (κ2) is 5.97. The molecule has 1 aromatic carbocycles. The van der Waals surface area contributed by atoms with Gasteiger partial charge < -0.3 is 9.80 Å². The highest BCUT2D eigenvalue weighted by atomic mass is 35.5. The van der Waals surface area contributed by atoms with E-state index in [2.05, 4.69) is 30.8 Å². The zero-order valence-electron chi connectivity index (χ0n) is 12.0. The molecule has 1 fully saturated rings. The molecule has 0 bridgehead atoms. The van der Waals surface area contributed by atoms with Crippen molar-refractivity contribution in [3.63, 3.8) is 0 Å². The fourth-order valence-electron chi connectivity index (χ4n) is 2.89. The summed E-state index contributed by atoms with van der Waals surface area (Å²) < 4.78 is 0. The van der Waals surface area contributed by atoms with Crippen LogP contribution in [0.2, 0.25) is 0 Å². The minimum Gasteiger partial charge on any atom is -0.370 e. The molecule has 0 aromatic heterocycles. The quantitative estimate of drug-likeness (QED) is 0.487. The third-order valence-electron chi connectivity index (χ3n) is 4.00. The van der Waals surface area contributed by atoms with Crippen LogP contribution in [-0.2, 0) is 5.88 Å². The van der Waals surface area contributed by atoms with Gasteiger partial charge in [-0.1, -0.05) is 6.92 Å². The molecule has 1 aromatic rings. The Kier molecular flexibility index (Phi) is 4.50. The van der Waals surface area contributed by atoms with Crippen LogP contribution in [0.15, 0.2) is 18.2 Å². The van der Waals surface area contributed by atoms with Crippen molar-refractivity contribution in [3.8, 4) is 0 Å². The van der Waals surface area contributed by atoms with E-state index in [1.807, 2.05) is 12.1 Å². The van der Waals surface area contributed by atoms with E-state index in [1.165, 1.54) is 0 Å². The number of halogens is 1. The van der Waals surface area contributed by atoms with Crippen molar-refractivity contribution in [2.45, 2.75) is 18.8 Å². The molecule has 1 aliphatic heterocycles. The number of hydrogen-bond acceptors (Lipinski definition) is 4. The van der Waals surface area contributed by atoms with Gasteiger partial charge in [-0.3, -0.25) is 10.1 Å². The lowest BCUT2D eigenvalue weighted by molar-refractivity contribution is -0.385. The van der Waals surface area contributed by atoms with Crippen LogP contribution in [0.5, 0.6) is 0 Å². The van der Waals surface area contributed by atoms with Crippen molar-refractivity contribution in [3.05, 3.63) is 33.9 Å². The predicted octanol–water partition coefficient (Wildman–Crippen LogP) is 2.72. The standard InChI is InChI=1S/C14H20ClN3O2/c1-10-8-17(9-14(10)16(2)3)12-4-5-13(18(19)20)11(6-12)7-15/h4-6,10,14H,7-9H2,1-3H3. The molecular formula is C14H20ClN3O2. The molecule has 0 amide bonds. The normalized spacial score (nSPS) is 22.6. The van der Waals surface area contributed by atoms with Crippen molar-refractivity contribution in [1.82, 2.24) is 4.90 Å². The van der Waals surface area contributed by atoms with Gasteiger partial charge in [-0.15, -0.1) is 11.6 Å². The summed E-state index contributed by atoms with van der Waals surface area (Å²) in [6, 6.07) is 5.72. The Bertz CT molecular complexity index is 507. The van der Waals surface area contributed by atoms with Gasteiger partial charge in [0.1, 0.15) is 0 Å². The Hall–Kier alpha value is -1.33. The number of anilines is 1. The maximum atomic E-state index is 10.9. The van der Waals surface area contributed by atoms with E-state index in [1.54, 1.807) is 6.07 Å². The highest BCUT2D eigenvalue weighted by molar-refractivity contribution is 6.17. The molecule has 20 heavy (non-hydrogen) atoms. The second-order valence-electron chi connectivity index (χ2n) is 5.62. The van der Waals surface area contributed by atoms with E-state index in [-0.39, 0.29) is 16.5 Å². The number of benzene rings is 1. The van der Waals surface area contributed by atoms with Crippen LogP contribution in [-0.4, -0.2) is 43.0 Å². The van der Waals surface area contributed by atoms with Gasteiger partial charge in [0.25, 0.3) is 5.69 Å². The Morgan fingerprint density at radius 1 is 1.45 bits per heavy atom. The van der Waals surface area contributed by atoms with Gasteiger partial charge in [0.05, 0.1) is 10.8 Å². The second-order valence-corrected chi connectivity index (χ2v) is 5.88. The molecule has 0 radical (unpaired) electrons. The summed E-state index contributed by atoms with van der Waals surface area (Å²) in [5, 5.41) is 10.9. The maximum absolute atomic E-state index is 10.9. The Labute approximate surface area is 124 Å². The molecule has 1 heterocycles. The van der Waals surface area contributed by atoms with Crippen molar-refractivity contribution in [1.29, 1.82) is 0 Å². The topological polar surface area (TPSA) is 49.6 Å². The molecule has 1 aliphatic rings. The minimum absolute atomic E-state index is 0.0974. The van der Waals surface area contributed by atoms with E-state index in [9.17, 15) is 10.1 Å². The molecule has 0 aliphatic carbocycles. The van der Waals surface area contributed by atoms with Crippen molar-refractivity contribution in [2.75, 3.05) is 32.1 Å². The first-order valence-corrected chi connectivity index (χ1v) is 7.22. The summed E-state index contributed by atoms with van der Waals surface area (Å²) in [5.74, 6) is 0.727. The van der Waals surface area contributed by atoms with Gasteiger partial charge in [-0.05, 0) is 32.1 Å². The molecule has 5 nitrogen and oxygen atoms in total. The van der Waals surface area contributed by atoms with Crippen LogP contribution in [0.3, 0.4) is 0 Å². The van der Waals surface area contributed by atoms with E-state index in [0.717, 1.165) is 18.8 Å². The molecule has 2 unspecified atom stereocenters. The monoisotopic (exact) mass is 297 g/mol. The average Bonchev–Trinajstić information content (AvgIpc) is 2.80. The van der Waals surface area contributed by atoms with Crippen LogP contribution in [0.25, 0.3) is 0 Å². The number of hydrogen-bond donors (Lipinski definition) is 0. The number of nitro benzene ring substituents is 1. The Morgan fingerprint density at radius 2 is 2.15 bits per heavy atom. The lowest BCUT2D eigenvalue weighted by Gasteiger charge is -2.23. The summed E-state index contributed by atoms with van der Waals surface area (Å²) in [4.78, 5) is 15.1. The van der Waals surface area contributed by atoms with Crippen molar-refractivity contribution < 1.29 is 4.92 Å². The zero-order chi connectivity index (χ0) is 14.9. The van der Waals surface area contributed by atoms with Gasteiger partial charge in [-0.25, -0.2) is 0 Å². The molecule has 0 N–H and O–H groups in total. The van der Waals surface area contributed by atoms with Crippen LogP contribution in [0.1, 0.15) is 12.5 Å². The van der Waals surface area contributed by atoms with Crippen LogP contribution in [0.4, 0.5) is 11.4 Å². The smallest absolute Gasteiger partial charge is 0.273 e. The fourth-order valence-corrected chi connectivity index (χ4v) is 3.10. The highest BCUT2D eigenvalue weighted by Gasteiger charge is 2.31. The van der Waals surface area contributed by atoms with Gasteiger partial charge in [0.2, 0.25) is 0 Å². The number of rotatable bonds is 4. The lowest BCUT2D eigenvalue weighted by Crippen LogP contribution is -2.34. The molecular weight excluding hydrogens is 278 g/mol. The molecule has 2 rings (SSSR count). The SMILES string of the molecule is CC1CN(c2ccc([N+](=O)[O-])c(CCl)c2)CC1N(C)C. The zero-order valence-corrected chi connectivity index (χ0v) is 12.8. The van der Waals surface area contributed by atoms with Crippen LogP contribution in [0, 0.1) is 16.0 Å². The molecule has 2 atom stereocenters.